The van der Waals surface area contributed by atoms with Crippen molar-refractivity contribution in [1.82, 2.24) is 9.88 Å². The summed E-state index contributed by atoms with van der Waals surface area (Å²) in [6.07, 6.45) is 5.44. The standard InChI is InChI=1S/C22H21N3/c1-16(18-5-3-2-4-6-18)25-11-9-19(10-12-25)21-15-24-22-8-7-17(14-23)13-20(21)22/h2-9,13,15-16,24H,10-12H2,1H3. The molecule has 0 saturated carbocycles. The lowest BCUT2D eigenvalue weighted by atomic mass is 9.96. The van der Waals surface area contributed by atoms with Crippen LogP contribution < -0.4 is 0 Å². The molecular formula is C22H21N3. The minimum atomic E-state index is 0.423. The van der Waals surface area contributed by atoms with Crippen LogP contribution in [0.15, 0.2) is 60.8 Å². The van der Waals surface area contributed by atoms with Gasteiger partial charge in [0.05, 0.1) is 11.6 Å². The Hall–Kier alpha value is -2.83. The van der Waals surface area contributed by atoms with Crippen molar-refractivity contribution >= 4 is 16.5 Å². The Labute approximate surface area is 148 Å². The van der Waals surface area contributed by atoms with Crippen molar-refractivity contribution in [3.63, 3.8) is 0 Å². The Morgan fingerprint density at radius 3 is 2.72 bits per heavy atom. The minimum Gasteiger partial charge on any atom is -0.361 e. The van der Waals surface area contributed by atoms with E-state index in [-0.39, 0.29) is 0 Å². The minimum absolute atomic E-state index is 0.423. The average molecular weight is 327 g/mol. The molecule has 4 rings (SSSR count). The molecule has 3 nitrogen and oxygen atoms in total. The van der Waals surface area contributed by atoms with Crippen molar-refractivity contribution in [2.45, 2.75) is 19.4 Å². The summed E-state index contributed by atoms with van der Waals surface area (Å²) < 4.78 is 0. The molecule has 0 aliphatic carbocycles. The highest BCUT2D eigenvalue weighted by Gasteiger charge is 2.20. The van der Waals surface area contributed by atoms with E-state index < -0.39 is 0 Å². The number of H-pyrrole nitrogens is 1. The second-order valence-electron chi connectivity index (χ2n) is 6.64. The Kier molecular flexibility index (Phi) is 4.13. The van der Waals surface area contributed by atoms with Crippen molar-refractivity contribution in [2.75, 3.05) is 13.1 Å². The van der Waals surface area contributed by atoms with Crippen LogP contribution in [0.1, 0.15) is 36.1 Å². The summed E-state index contributed by atoms with van der Waals surface area (Å²) in [4.78, 5) is 5.84. The van der Waals surface area contributed by atoms with Crippen molar-refractivity contribution < 1.29 is 0 Å². The predicted octanol–water partition coefficient (Wildman–Crippen LogP) is 4.89. The van der Waals surface area contributed by atoms with Gasteiger partial charge in [-0.1, -0.05) is 36.4 Å². The first-order chi connectivity index (χ1) is 12.3. The highest BCUT2D eigenvalue weighted by molar-refractivity contribution is 5.93. The first-order valence-electron chi connectivity index (χ1n) is 8.76. The lowest BCUT2D eigenvalue weighted by Gasteiger charge is -2.32. The Morgan fingerprint density at radius 1 is 1.16 bits per heavy atom. The van der Waals surface area contributed by atoms with Gasteiger partial charge in [0.15, 0.2) is 0 Å². The number of hydrogen-bond donors (Lipinski definition) is 1. The lowest BCUT2D eigenvalue weighted by Crippen LogP contribution is -2.31. The van der Waals surface area contributed by atoms with E-state index in [9.17, 15) is 0 Å². The number of aromatic amines is 1. The van der Waals surface area contributed by atoms with E-state index in [0.717, 1.165) is 30.4 Å². The van der Waals surface area contributed by atoms with E-state index in [1.165, 1.54) is 16.7 Å². The third-order valence-electron chi connectivity index (χ3n) is 5.23. The molecule has 0 radical (unpaired) electrons. The van der Waals surface area contributed by atoms with E-state index in [2.05, 4.69) is 65.5 Å². The topological polar surface area (TPSA) is 42.8 Å². The molecule has 3 aromatic rings. The van der Waals surface area contributed by atoms with Crippen LogP contribution in [0.25, 0.3) is 16.5 Å². The van der Waals surface area contributed by atoms with Crippen LogP contribution in [0.2, 0.25) is 0 Å². The SMILES string of the molecule is CC(c1ccccc1)N1CC=C(c2c[nH]c3ccc(C#N)cc23)CC1. The van der Waals surface area contributed by atoms with Crippen LogP contribution in [0.3, 0.4) is 0 Å². The molecule has 1 aliphatic rings. The van der Waals surface area contributed by atoms with E-state index in [1.54, 1.807) is 0 Å². The summed E-state index contributed by atoms with van der Waals surface area (Å²) in [6.45, 7) is 4.28. The summed E-state index contributed by atoms with van der Waals surface area (Å²) in [5.41, 5.74) is 5.78. The maximum Gasteiger partial charge on any atom is 0.0991 e. The fourth-order valence-corrected chi connectivity index (χ4v) is 3.68. The van der Waals surface area contributed by atoms with Crippen LogP contribution >= 0.6 is 0 Å². The predicted molar refractivity (Wildman–Crippen MR) is 102 cm³/mol. The largest absolute Gasteiger partial charge is 0.361 e. The monoisotopic (exact) mass is 327 g/mol. The Balaban J connectivity index is 1.58. The molecular weight excluding hydrogens is 306 g/mol. The molecule has 1 aliphatic heterocycles. The molecule has 0 spiro atoms. The van der Waals surface area contributed by atoms with Gasteiger partial charge in [-0.25, -0.2) is 0 Å². The fourth-order valence-electron chi connectivity index (χ4n) is 3.68. The Bertz CT molecular complexity index is 960. The molecule has 1 unspecified atom stereocenters. The van der Waals surface area contributed by atoms with Gasteiger partial charge in [0.1, 0.15) is 0 Å². The van der Waals surface area contributed by atoms with Crippen LogP contribution in [0.4, 0.5) is 0 Å². The van der Waals surface area contributed by atoms with Crippen LogP contribution in [0.5, 0.6) is 0 Å². The fraction of sp³-hybridized carbons (Fsp3) is 0.227. The zero-order valence-electron chi connectivity index (χ0n) is 14.4. The van der Waals surface area contributed by atoms with Gasteiger partial charge < -0.3 is 4.98 Å². The summed E-state index contributed by atoms with van der Waals surface area (Å²) in [7, 11) is 0. The van der Waals surface area contributed by atoms with Gasteiger partial charge in [0.25, 0.3) is 0 Å². The van der Waals surface area contributed by atoms with Crippen LogP contribution in [0, 0.1) is 11.3 Å². The molecule has 2 heterocycles. The molecule has 0 amide bonds. The van der Waals surface area contributed by atoms with E-state index in [0.29, 0.717) is 11.6 Å². The first kappa shape index (κ1) is 15.7. The maximum atomic E-state index is 9.16. The molecule has 3 heteroatoms. The van der Waals surface area contributed by atoms with Gasteiger partial charge in [-0.3, -0.25) is 4.90 Å². The van der Waals surface area contributed by atoms with Gasteiger partial charge in [0.2, 0.25) is 0 Å². The quantitative estimate of drug-likeness (QED) is 0.744. The van der Waals surface area contributed by atoms with Crippen molar-refractivity contribution in [3.05, 3.63) is 77.5 Å². The van der Waals surface area contributed by atoms with Gasteiger partial charge >= 0.3 is 0 Å². The van der Waals surface area contributed by atoms with E-state index >= 15 is 0 Å². The molecule has 0 saturated heterocycles. The molecule has 1 N–H and O–H groups in total. The molecule has 0 fully saturated rings. The highest BCUT2D eigenvalue weighted by Crippen LogP contribution is 2.32. The number of rotatable bonds is 3. The zero-order valence-corrected chi connectivity index (χ0v) is 14.4. The number of fused-ring (bicyclic) bond motifs is 1. The highest BCUT2D eigenvalue weighted by atomic mass is 15.1. The van der Waals surface area contributed by atoms with E-state index in [4.69, 9.17) is 5.26 Å². The van der Waals surface area contributed by atoms with Crippen molar-refractivity contribution in [1.29, 1.82) is 5.26 Å². The molecule has 1 aromatic heterocycles. The summed E-state index contributed by atoms with van der Waals surface area (Å²) in [6, 6.07) is 19.2. The zero-order chi connectivity index (χ0) is 17.2. The molecule has 25 heavy (non-hydrogen) atoms. The molecule has 1 atom stereocenters. The number of nitrogens with one attached hydrogen (secondary N) is 1. The summed E-state index contributed by atoms with van der Waals surface area (Å²) in [5.74, 6) is 0. The van der Waals surface area contributed by atoms with Gasteiger partial charge in [0, 0.05) is 41.8 Å². The normalized spacial score (nSPS) is 16.4. The van der Waals surface area contributed by atoms with Crippen LogP contribution in [-0.2, 0) is 0 Å². The second-order valence-corrected chi connectivity index (χ2v) is 6.64. The molecule has 2 aromatic carbocycles. The summed E-state index contributed by atoms with van der Waals surface area (Å²) in [5, 5.41) is 10.3. The number of hydrogen-bond acceptors (Lipinski definition) is 2. The van der Waals surface area contributed by atoms with E-state index in [1.807, 2.05) is 18.2 Å². The average Bonchev–Trinajstić information content (AvgIpc) is 3.11. The molecule has 0 bridgehead atoms. The molecule has 124 valence electrons. The third kappa shape index (κ3) is 2.97. The third-order valence-corrected chi connectivity index (χ3v) is 5.23. The maximum absolute atomic E-state index is 9.16. The number of aromatic nitrogens is 1. The Morgan fingerprint density at radius 2 is 2.00 bits per heavy atom. The summed E-state index contributed by atoms with van der Waals surface area (Å²) >= 11 is 0. The van der Waals surface area contributed by atoms with Crippen molar-refractivity contribution in [2.24, 2.45) is 0 Å². The van der Waals surface area contributed by atoms with Crippen molar-refractivity contribution in [3.8, 4) is 6.07 Å². The first-order valence-corrected chi connectivity index (χ1v) is 8.76. The van der Waals surface area contributed by atoms with Gasteiger partial charge in [-0.15, -0.1) is 0 Å². The number of benzene rings is 2. The van der Waals surface area contributed by atoms with Gasteiger partial charge in [-0.05, 0) is 42.7 Å². The smallest absolute Gasteiger partial charge is 0.0991 e. The number of nitriles is 1. The number of nitrogens with zero attached hydrogens (tertiary/aromatic N) is 2. The second kappa shape index (κ2) is 6.58. The lowest BCUT2D eigenvalue weighted by molar-refractivity contribution is 0.233. The van der Waals surface area contributed by atoms with Crippen LogP contribution in [-0.4, -0.2) is 23.0 Å². The van der Waals surface area contributed by atoms with Gasteiger partial charge in [-0.2, -0.15) is 5.26 Å².